The Balaban J connectivity index is 2.07. The predicted octanol–water partition coefficient (Wildman–Crippen LogP) is -0.0181. The van der Waals surface area contributed by atoms with E-state index >= 15 is 0 Å². The zero-order valence-electron chi connectivity index (χ0n) is 10.9. The molecule has 6 nitrogen and oxygen atoms in total. The third kappa shape index (κ3) is 3.52. The summed E-state index contributed by atoms with van der Waals surface area (Å²) in [5, 5.41) is 2.85. The Kier molecular flexibility index (Phi) is 4.52. The second kappa shape index (κ2) is 6.14. The number of nitrogen functional groups attached to an aromatic ring is 1. The van der Waals surface area contributed by atoms with E-state index in [-0.39, 0.29) is 11.8 Å². The minimum absolute atomic E-state index is 0.0605. The van der Waals surface area contributed by atoms with E-state index < -0.39 is 0 Å². The van der Waals surface area contributed by atoms with E-state index in [4.69, 9.17) is 5.84 Å². The molecule has 1 aromatic rings. The van der Waals surface area contributed by atoms with Gasteiger partial charge in [0, 0.05) is 24.5 Å². The summed E-state index contributed by atoms with van der Waals surface area (Å²) >= 11 is 1.42. The number of hydrogen-bond acceptors (Lipinski definition) is 5. The molecule has 0 spiro atoms. The Morgan fingerprint density at radius 3 is 3.16 bits per heavy atom. The lowest BCUT2D eigenvalue weighted by Gasteiger charge is -2.18. The lowest BCUT2D eigenvalue weighted by molar-refractivity contribution is -0.121. The Bertz CT molecular complexity index is 486. The normalized spacial score (nSPS) is 16.8. The molecule has 1 fully saturated rings. The molecule has 0 unspecified atom stereocenters. The van der Waals surface area contributed by atoms with Crippen molar-refractivity contribution >= 4 is 23.2 Å². The van der Waals surface area contributed by atoms with E-state index in [0.717, 1.165) is 30.0 Å². The first-order valence-electron chi connectivity index (χ1n) is 6.19. The van der Waals surface area contributed by atoms with Crippen LogP contribution in [-0.4, -0.2) is 36.3 Å². The zero-order valence-corrected chi connectivity index (χ0v) is 11.7. The first-order valence-corrected chi connectivity index (χ1v) is 7.01. The van der Waals surface area contributed by atoms with Crippen molar-refractivity contribution in [3.05, 3.63) is 21.4 Å². The Morgan fingerprint density at radius 1 is 1.63 bits per heavy atom. The predicted molar refractivity (Wildman–Crippen MR) is 73.6 cm³/mol. The van der Waals surface area contributed by atoms with E-state index in [0.29, 0.717) is 18.0 Å². The summed E-state index contributed by atoms with van der Waals surface area (Å²) in [7, 11) is 0. The topological polar surface area (TPSA) is 87.5 Å². The van der Waals surface area contributed by atoms with Crippen molar-refractivity contribution in [3.8, 4) is 0 Å². The lowest BCUT2D eigenvalue weighted by Crippen LogP contribution is -2.32. The zero-order chi connectivity index (χ0) is 13.8. The monoisotopic (exact) mass is 282 g/mol. The number of aryl methyl sites for hydroxylation is 1. The van der Waals surface area contributed by atoms with E-state index in [9.17, 15) is 9.59 Å². The maximum Gasteiger partial charge on any atom is 0.275 e. The highest BCUT2D eigenvalue weighted by atomic mass is 32.1. The van der Waals surface area contributed by atoms with Gasteiger partial charge in [0.05, 0.1) is 11.4 Å². The third-order valence-electron chi connectivity index (χ3n) is 3.11. The fourth-order valence-electron chi connectivity index (χ4n) is 2.10. The van der Waals surface area contributed by atoms with E-state index in [2.05, 4.69) is 15.6 Å². The van der Waals surface area contributed by atoms with E-state index in [1.165, 1.54) is 11.3 Å². The van der Waals surface area contributed by atoms with Crippen LogP contribution in [0, 0.1) is 6.92 Å². The van der Waals surface area contributed by atoms with Crippen molar-refractivity contribution in [2.45, 2.75) is 19.9 Å². The Morgan fingerprint density at radius 2 is 2.42 bits per heavy atom. The second-order valence-electron chi connectivity index (χ2n) is 4.58. The van der Waals surface area contributed by atoms with Crippen LogP contribution < -0.4 is 16.6 Å². The molecule has 2 amide bonds. The smallest absolute Gasteiger partial charge is 0.275 e. The number of amides is 2. The van der Waals surface area contributed by atoms with Crippen molar-refractivity contribution in [1.82, 2.24) is 15.6 Å². The summed E-state index contributed by atoms with van der Waals surface area (Å²) in [6.07, 6.45) is 0.949. The number of hydrogen-bond donors (Lipinski definition) is 3. The van der Waals surface area contributed by atoms with Crippen molar-refractivity contribution in [2.24, 2.45) is 5.84 Å². The Hall–Kier alpha value is -1.44. The quantitative estimate of drug-likeness (QED) is 0.413. The number of rotatable bonds is 3. The summed E-state index contributed by atoms with van der Waals surface area (Å²) in [5.41, 5.74) is 3.22. The summed E-state index contributed by atoms with van der Waals surface area (Å²) in [6.45, 7) is 4.69. The molecule has 2 rings (SSSR count). The number of carbonyl (C=O) groups excluding carboxylic acids is 2. The highest BCUT2D eigenvalue weighted by molar-refractivity contribution is 7.14. The molecule has 1 aliphatic rings. The van der Waals surface area contributed by atoms with Gasteiger partial charge in [0.2, 0.25) is 5.91 Å². The molecule has 0 bridgehead atoms. The second-order valence-corrected chi connectivity index (χ2v) is 5.84. The molecule has 0 saturated carbocycles. The molecule has 1 aromatic heterocycles. The molecule has 1 aliphatic heterocycles. The van der Waals surface area contributed by atoms with Crippen LogP contribution in [0.3, 0.4) is 0 Å². The van der Waals surface area contributed by atoms with Gasteiger partial charge in [0.25, 0.3) is 5.91 Å². The molecule has 104 valence electrons. The van der Waals surface area contributed by atoms with Crippen LogP contribution in [0.25, 0.3) is 0 Å². The number of thiophene rings is 1. The molecule has 0 atom stereocenters. The maximum atomic E-state index is 11.5. The molecule has 0 aliphatic carbocycles. The van der Waals surface area contributed by atoms with Gasteiger partial charge in [-0.2, -0.15) is 0 Å². The first-order chi connectivity index (χ1) is 9.10. The summed E-state index contributed by atoms with van der Waals surface area (Å²) in [5.74, 6) is 4.92. The fraction of sp³-hybridized carbons (Fsp3) is 0.500. The van der Waals surface area contributed by atoms with Crippen LogP contribution in [0.5, 0.6) is 0 Å². The van der Waals surface area contributed by atoms with Crippen molar-refractivity contribution in [3.63, 3.8) is 0 Å². The summed E-state index contributed by atoms with van der Waals surface area (Å²) in [6, 6.07) is 1.85. The summed E-state index contributed by atoms with van der Waals surface area (Å²) in [4.78, 5) is 26.8. The highest BCUT2D eigenvalue weighted by Gasteiger charge is 2.18. The maximum absolute atomic E-state index is 11.5. The molecule has 0 aromatic carbocycles. The molecule has 0 radical (unpaired) electrons. The SMILES string of the molecule is Cc1sc(C(=O)NN)cc1CN1CCCNC(=O)C1. The van der Waals surface area contributed by atoms with Gasteiger partial charge < -0.3 is 5.32 Å². The van der Waals surface area contributed by atoms with Gasteiger partial charge in [-0.15, -0.1) is 11.3 Å². The minimum Gasteiger partial charge on any atom is -0.355 e. The van der Waals surface area contributed by atoms with Crippen LogP contribution >= 0.6 is 11.3 Å². The van der Waals surface area contributed by atoms with Gasteiger partial charge in [-0.25, -0.2) is 5.84 Å². The molecule has 2 heterocycles. The molecule has 7 heteroatoms. The highest BCUT2D eigenvalue weighted by Crippen LogP contribution is 2.23. The van der Waals surface area contributed by atoms with Crippen molar-refractivity contribution < 1.29 is 9.59 Å². The van der Waals surface area contributed by atoms with Gasteiger partial charge >= 0.3 is 0 Å². The van der Waals surface area contributed by atoms with Gasteiger partial charge in [0.15, 0.2) is 0 Å². The van der Waals surface area contributed by atoms with Crippen LogP contribution in [0.2, 0.25) is 0 Å². The average Bonchev–Trinajstić information content (AvgIpc) is 2.61. The number of nitrogens with zero attached hydrogens (tertiary/aromatic N) is 1. The van der Waals surface area contributed by atoms with E-state index in [1.54, 1.807) is 0 Å². The largest absolute Gasteiger partial charge is 0.355 e. The minimum atomic E-state index is -0.270. The van der Waals surface area contributed by atoms with Crippen LogP contribution in [0.4, 0.5) is 0 Å². The average molecular weight is 282 g/mol. The van der Waals surface area contributed by atoms with Crippen LogP contribution in [-0.2, 0) is 11.3 Å². The Labute approximate surface area is 115 Å². The molecule has 4 N–H and O–H groups in total. The molecular weight excluding hydrogens is 264 g/mol. The van der Waals surface area contributed by atoms with Crippen LogP contribution in [0.15, 0.2) is 6.07 Å². The molecule has 1 saturated heterocycles. The number of nitrogens with two attached hydrogens (primary N) is 1. The summed E-state index contributed by atoms with van der Waals surface area (Å²) < 4.78 is 0. The van der Waals surface area contributed by atoms with Gasteiger partial charge in [-0.05, 0) is 25.0 Å². The first kappa shape index (κ1) is 14.0. The van der Waals surface area contributed by atoms with E-state index in [1.807, 2.05) is 13.0 Å². The van der Waals surface area contributed by atoms with Crippen molar-refractivity contribution in [1.29, 1.82) is 0 Å². The van der Waals surface area contributed by atoms with Crippen molar-refractivity contribution in [2.75, 3.05) is 19.6 Å². The number of nitrogens with one attached hydrogen (secondary N) is 2. The van der Waals surface area contributed by atoms with Gasteiger partial charge in [-0.3, -0.25) is 19.9 Å². The standard InChI is InChI=1S/C12H18N4O2S/c1-8-9(5-10(19-8)12(18)15-13)6-16-4-2-3-14-11(17)7-16/h5H,2-4,6-7,13H2,1H3,(H,14,17)(H,15,18). The number of hydrazine groups is 1. The lowest BCUT2D eigenvalue weighted by atomic mass is 10.2. The van der Waals surface area contributed by atoms with Gasteiger partial charge in [-0.1, -0.05) is 0 Å². The fourth-order valence-corrected chi connectivity index (χ4v) is 3.04. The molecule has 19 heavy (non-hydrogen) atoms. The molecular formula is C12H18N4O2S. The number of carbonyl (C=O) groups is 2. The third-order valence-corrected chi connectivity index (χ3v) is 4.20. The van der Waals surface area contributed by atoms with Crippen LogP contribution in [0.1, 0.15) is 26.5 Å². The van der Waals surface area contributed by atoms with Gasteiger partial charge in [0.1, 0.15) is 0 Å².